The molecular formula is C20H25NOS. The van der Waals surface area contributed by atoms with Crippen LogP contribution in [0.15, 0.2) is 54.6 Å². The minimum Gasteiger partial charge on any atom is -0.356 e. The monoisotopic (exact) mass is 327 g/mol. The fraction of sp³-hybridized carbons (Fsp3) is 0.350. The molecule has 2 nitrogen and oxygen atoms in total. The maximum absolute atomic E-state index is 11.8. The Kier molecular flexibility index (Phi) is 7.74. The number of rotatable bonds is 9. The SMILES string of the molecule is Cc1ccc(CCCNC(=O)CCSCc2ccccc2)cc1. The molecule has 0 fully saturated rings. The standard InChI is InChI=1S/C20H25NOS/c1-17-9-11-18(12-10-17)8-5-14-21-20(22)13-15-23-16-19-6-3-2-4-7-19/h2-4,6-7,9-12H,5,8,13-16H2,1H3,(H,21,22). The summed E-state index contributed by atoms with van der Waals surface area (Å²) in [5.74, 6) is 2.01. The second kappa shape index (κ2) is 10.1. The van der Waals surface area contributed by atoms with E-state index in [1.54, 1.807) is 0 Å². The molecule has 122 valence electrons. The third-order valence-corrected chi connectivity index (χ3v) is 4.70. The third kappa shape index (κ3) is 7.38. The molecule has 0 spiro atoms. The first kappa shape index (κ1) is 17.6. The van der Waals surface area contributed by atoms with Gasteiger partial charge >= 0.3 is 0 Å². The molecule has 0 atom stereocenters. The molecule has 23 heavy (non-hydrogen) atoms. The molecule has 0 unspecified atom stereocenters. The molecule has 0 aliphatic heterocycles. The summed E-state index contributed by atoms with van der Waals surface area (Å²) in [6.07, 6.45) is 2.61. The lowest BCUT2D eigenvalue weighted by Crippen LogP contribution is -2.25. The number of nitrogens with one attached hydrogen (secondary N) is 1. The molecule has 0 radical (unpaired) electrons. The van der Waals surface area contributed by atoms with E-state index in [1.807, 2.05) is 17.8 Å². The lowest BCUT2D eigenvalue weighted by atomic mass is 10.1. The van der Waals surface area contributed by atoms with E-state index in [0.717, 1.165) is 30.9 Å². The highest BCUT2D eigenvalue weighted by molar-refractivity contribution is 7.98. The molecule has 1 amide bonds. The van der Waals surface area contributed by atoms with Crippen molar-refractivity contribution in [3.8, 4) is 0 Å². The fourth-order valence-corrected chi connectivity index (χ4v) is 3.19. The molecule has 0 saturated carbocycles. The molecule has 0 aliphatic carbocycles. The minimum atomic E-state index is 0.162. The zero-order valence-electron chi connectivity index (χ0n) is 13.8. The number of hydrogen-bond donors (Lipinski definition) is 1. The van der Waals surface area contributed by atoms with Crippen LogP contribution in [-0.4, -0.2) is 18.2 Å². The van der Waals surface area contributed by atoms with Crippen LogP contribution in [0.1, 0.15) is 29.5 Å². The van der Waals surface area contributed by atoms with Crippen LogP contribution in [0, 0.1) is 6.92 Å². The van der Waals surface area contributed by atoms with E-state index in [0.29, 0.717) is 6.42 Å². The van der Waals surface area contributed by atoms with Crippen LogP contribution in [-0.2, 0) is 17.0 Å². The van der Waals surface area contributed by atoms with Crippen molar-refractivity contribution in [1.29, 1.82) is 0 Å². The first-order valence-corrected chi connectivity index (χ1v) is 9.33. The van der Waals surface area contributed by atoms with E-state index in [9.17, 15) is 4.79 Å². The van der Waals surface area contributed by atoms with E-state index in [4.69, 9.17) is 0 Å². The summed E-state index contributed by atoms with van der Waals surface area (Å²) < 4.78 is 0. The number of carbonyl (C=O) groups is 1. The largest absolute Gasteiger partial charge is 0.356 e. The second-order valence-electron chi connectivity index (χ2n) is 5.73. The first-order chi connectivity index (χ1) is 11.2. The Labute approximate surface area is 143 Å². The van der Waals surface area contributed by atoms with Gasteiger partial charge in [0.15, 0.2) is 0 Å². The van der Waals surface area contributed by atoms with E-state index in [2.05, 4.69) is 60.8 Å². The molecular weight excluding hydrogens is 302 g/mol. The van der Waals surface area contributed by atoms with Crippen LogP contribution in [0.4, 0.5) is 0 Å². The molecule has 0 heterocycles. The van der Waals surface area contributed by atoms with Gasteiger partial charge in [0.2, 0.25) is 5.91 Å². The summed E-state index contributed by atoms with van der Waals surface area (Å²) in [6.45, 7) is 2.86. The van der Waals surface area contributed by atoms with Gasteiger partial charge in [-0.25, -0.2) is 0 Å². The Morgan fingerprint density at radius 3 is 2.48 bits per heavy atom. The summed E-state index contributed by atoms with van der Waals surface area (Å²) >= 11 is 1.81. The van der Waals surface area contributed by atoms with Gasteiger partial charge in [0.25, 0.3) is 0 Å². The van der Waals surface area contributed by atoms with Crippen LogP contribution in [0.2, 0.25) is 0 Å². The predicted octanol–water partition coefficient (Wildman–Crippen LogP) is 4.37. The predicted molar refractivity (Wildman–Crippen MR) is 99.7 cm³/mol. The summed E-state index contributed by atoms with van der Waals surface area (Å²) in [5, 5.41) is 3.01. The van der Waals surface area contributed by atoms with Crippen LogP contribution >= 0.6 is 11.8 Å². The lowest BCUT2D eigenvalue weighted by molar-refractivity contribution is -0.120. The molecule has 1 N–H and O–H groups in total. The van der Waals surface area contributed by atoms with Gasteiger partial charge in [-0.3, -0.25) is 4.79 Å². The Morgan fingerprint density at radius 1 is 1.00 bits per heavy atom. The molecule has 2 aromatic rings. The maximum atomic E-state index is 11.8. The number of amides is 1. The zero-order chi connectivity index (χ0) is 16.3. The van der Waals surface area contributed by atoms with Gasteiger partial charge in [0, 0.05) is 24.5 Å². The quantitative estimate of drug-likeness (QED) is 0.693. The Hall–Kier alpha value is -1.74. The molecule has 0 aromatic heterocycles. The Balaban J connectivity index is 1.51. The summed E-state index contributed by atoms with van der Waals surface area (Å²) in [7, 11) is 0. The van der Waals surface area contributed by atoms with Gasteiger partial charge in [-0.05, 0) is 30.9 Å². The number of hydrogen-bond acceptors (Lipinski definition) is 2. The highest BCUT2D eigenvalue weighted by Crippen LogP contribution is 2.12. The van der Waals surface area contributed by atoms with Crippen LogP contribution < -0.4 is 5.32 Å². The summed E-state index contributed by atoms with van der Waals surface area (Å²) in [5.41, 5.74) is 3.94. The highest BCUT2D eigenvalue weighted by Gasteiger charge is 2.01. The minimum absolute atomic E-state index is 0.162. The van der Waals surface area contributed by atoms with Crippen molar-refractivity contribution in [3.63, 3.8) is 0 Å². The van der Waals surface area contributed by atoms with Gasteiger partial charge < -0.3 is 5.32 Å². The average Bonchev–Trinajstić information content (AvgIpc) is 2.58. The molecule has 2 rings (SSSR count). The van der Waals surface area contributed by atoms with E-state index >= 15 is 0 Å². The smallest absolute Gasteiger partial charge is 0.220 e. The molecule has 0 aliphatic rings. The molecule has 3 heteroatoms. The summed E-state index contributed by atoms with van der Waals surface area (Å²) in [4.78, 5) is 11.8. The Bertz CT molecular complexity index is 580. The Morgan fingerprint density at radius 2 is 1.74 bits per heavy atom. The fourth-order valence-electron chi connectivity index (χ4n) is 2.29. The van der Waals surface area contributed by atoms with Crippen LogP contribution in [0.3, 0.4) is 0 Å². The lowest BCUT2D eigenvalue weighted by Gasteiger charge is -2.06. The second-order valence-corrected chi connectivity index (χ2v) is 6.83. The van der Waals surface area contributed by atoms with Crippen molar-refractivity contribution < 1.29 is 4.79 Å². The third-order valence-electron chi connectivity index (χ3n) is 3.67. The average molecular weight is 327 g/mol. The van der Waals surface area contributed by atoms with Gasteiger partial charge in [-0.2, -0.15) is 11.8 Å². The van der Waals surface area contributed by atoms with Crippen LogP contribution in [0.25, 0.3) is 0 Å². The van der Waals surface area contributed by atoms with E-state index in [-0.39, 0.29) is 5.91 Å². The van der Waals surface area contributed by atoms with Gasteiger partial charge in [-0.15, -0.1) is 0 Å². The van der Waals surface area contributed by atoms with Crippen molar-refractivity contribution in [2.45, 2.75) is 31.9 Å². The van der Waals surface area contributed by atoms with Gasteiger partial charge in [0.05, 0.1) is 0 Å². The number of benzene rings is 2. The van der Waals surface area contributed by atoms with Crippen molar-refractivity contribution in [2.75, 3.05) is 12.3 Å². The molecule has 2 aromatic carbocycles. The van der Waals surface area contributed by atoms with Crippen molar-refractivity contribution in [1.82, 2.24) is 5.32 Å². The summed E-state index contributed by atoms with van der Waals surface area (Å²) in [6, 6.07) is 19.0. The van der Waals surface area contributed by atoms with Crippen molar-refractivity contribution in [2.24, 2.45) is 0 Å². The molecule has 0 saturated heterocycles. The topological polar surface area (TPSA) is 29.1 Å². The van der Waals surface area contributed by atoms with E-state index in [1.165, 1.54) is 16.7 Å². The maximum Gasteiger partial charge on any atom is 0.220 e. The number of carbonyl (C=O) groups excluding carboxylic acids is 1. The zero-order valence-corrected chi connectivity index (χ0v) is 14.6. The first-order valence-electron chi connectivity index (χ1n) is 8.18. The van der Waals surface area contributed by atoms with Crippen molar-refractivity contribution in [3.05, 3.63) is 71.3 Å². The number of thioether (sulfide) groups is 1. The highest BCUT2D eigenvalue weighted by atomic mass is 32.2. The van der Waals surface area contributed by atoms with Crippen LogP contribution in [0.5, 0.6) is 0 Å². The van der Waals surface area contributed by atoms with E-state index < -0.39 is 0 Å². The van der Waals surface area contributed by atoms with Gasteiger partial charge in [-0.1, -0.05) is 60.2 Å². The normalized spacial score (nSPS) is 10.5. The van der Waals surface area contributed by atoms with Gasteiger partial charge in [0.1, 0.15) is 0 Å². The number of aryl methyl sites for hydroxylation is 2. The molecule has 0 bridgehead atoms. The van der Waals surface area contributed by atoms with Crippen molar-refractivity contribution >= 4 is 17.7 Å².